The second-order valence-corrected chi connectivity index (χ2v) is 3.34. The number of hydrogen-bond acceptors (Lipinski definition) is 6. The third-order valence-electron chi connectivity index (χ3n) is 1.83. The first-order chi connectivity index (χ1) is 8.43. The SMILES string of the molecule is CC(=O)Nc1ncc(NC(=O)[C@H](O)CO)c(=O)[nH]1. The third-order valence-corrected chi connectivity index (χ3v) is 1.83. The topological polar surface area (TPSA) is 144 Å². The maximum absolute atomic E-state index is 11.5. The predicted molar refractivity (Wildman–Crippen MR) is 60.9 cm³/mol. The van der Waals surface area contributed by atoms with E-state index in [2.05, 4.69) is 20.6 Å². The van der Waals surface area contributed by atoms with E-state index in [0.29, 0.717) is 0 Å². The maximum Gasteiger partial charge on any atom is 0.276 e. The van der Waals surface area contributed by atoms with Crippen LogP contribution in [0.2, 0.25) is 0 Å². The molecule has 0 aliphatic carbocycles. The first kappa shape index (κ1) is 13.8. The van der Waals surface area contributed by atoms with Crippen molar-refractivity contribution in [2.75, 3.05) is 17.2 Å². The van der Waals surface area contributed by atoms with Gasteiger partial charge in [0.15, 0.2) is 6.10 Å². The van der Waals surface area contributed by atoms with E-state index in [4.69, 9.17) is 10.2 Å². The molecule has 0 aliphatic heterocycles. The highest BCUT2D eigenvalue weighted by molar-refractivity contribution is 5.93. The van der Waals surface area contributed by atoms with Crippen LogP contribution in [0.25, 0.3) is 0 Å². The van der Waals surface area contributed by atoms with Crippen molar-refractivity contribution in [1.82, 2.24) is 9.97 Å². The molecule has 0 radical (unpaired) electrons. The number of aliphatic hydroxyl groups is 2. The molecule has 0 bridgehead atoms. The third kappa shape index (κ3) is 3.64. The van der Waals surface area contributed by atoms with Gasteiger partial charge in [0, 0.05) is 6.92 Å². The van der Waals surface area contributed by atoms with Crippen LogP contribution in [-0.2, 0) is 9.59 Å². The fourth-order valence-corrected chi connectivity index (χ4v) is 1.01. The lowest BCUT2D eigenvalue weighted by molar-refractivity contribution is -0.125. The lowest BCUT2D eigenvalue weighted by atomic mass is 10.3. The van der Waals surface area contributed by atoms with Crippen molar-refractivity contribution in [3.8, 4) is 0 Å². The van der Waals surface area contributed by atoms with Crippen LogP contribution >= 0.6 is 0 Å². The zero-order valence-corrected chi connectivity index (χ0v) is 9.43. The maximum atomic E-state index is 11.5. The highest BCUT2D eigenvalue weighted by Gasteiger charge is 2.15. The lowest BCUT2D eigenvalue weighted by Gasteiger charge is -2.08. The Bertz CT molecular complexity index is 512. The summed E-state index contributed by atoms with van der Waals surface area (Å²) in [5, 5.41) is 21.9. The van der Waals surface area contributed by atoms with E-state index in [0.717, 1.165) is 6.20 Å². The molecule has 1 rings (SSSR count). The molecule has 9 nitrogen and oxygen atoms in total. The number of aliphatic hydroxyl groups excluding tert-OH is 2. The molecular formula is C9H12N4O5. The quantitative estimate of drug-likeness (QED) is 0.422. The Labute approximate surface area is 101 Å². The Morgan fingerprint density at radius 3 is 2.67 bits per heavy atom. The first-order valence-corrected chi connectivity index (χ1v) is 4.90. The Morgan fingerprint density at radius 1 is 1.50 bits per heavy atom. The number of nitrogens with zero attached hydrogens (tertiary/aromatic N) is 1. The Balaban J connectivity index is 2.83. The number of nitrogens with one attached hydrogen (secondary N) is 3. The minimum absolute atomic E-state index is 0.0618. The van der Waals surface area contributed by atoms with E-state index < -0.39 is 30.1 Å². The number of carbonyl (C=O) groups excluding carboxylic acids is 2. The van der Waals surface area contributed by atoms with Gasteiger partial charge in [0.2, 0.25) is 11.9 Å². The van der Waals surface area contributed by atoms with E-state index in [1.807, 2.05) is 0 Å². The van der Waals surface area contributed by atoms with Crippen molar-refractivity contribution in [2.45, 2.75) is 13.0 Å². The molecule has 1 aromatic heterocycles. The molecular weight excluding hydrogens is 244 g/mol. The van der Waals surface area contributed by atoms with Crippen molar-refractivity contribution in [3.63, 3.8) is 0 Å². The molecule has 1 aromatic rings. The van der Waals surface area contributed by atoms with Gasteiger partial charge in [0.1, 0.15) is 5.69 Å². The summed E-state index contributed by atoms with van der Waals surface area (Å²) in [7, 11) is 0. The monoisotopic (exact) mass is 256 g/mol. The van der Waals surface area contributed by atoms with Crippen molar-refractivity contribution < 1.29 is 19.8 Å². The second kappa shape index (κ2) is 5.89. The summed E-state index contributed by atoms with van der Waals surface area (Å²) in [5.41, 5.74) is -0.908. The zero-order valence-electron chi connectivity index (χ0n) is 9.43. The number of aromatic amines is 1. The number of H-pyrrole nitrogens is 1. The van der Waals surface area contributed by atoms with Gasteiger partial charge in [0.05, 0.1) is 12.8 Å². The summed E-state index contributed by atoms with van der Waals surface area (Å²) in [6.07, 6.45) is -0.606. The highest BCUT2D eigenvalue weighted by atomic mass is 16.3. The summed E-state index contributed by atoms with van der Waals surface area (Å²) in [5.74, 6) is -1.41. The molecule has 0 spiro atoms. The summed E-state index contributed by atoms with van der Waals surface area (Å²) >= 11 is 0. The number of carbonyl (C=O) groups is 2. The normalized spacial score (nSPS) is 11.7. The minimum Gasteiger partial charge on any atom is -0.393 e. The number of amides is 2. The van der Waals surface area contributed by atoms with Crippen molar-refractivity contribution >= 4 is 23.5 Å². The Morgan fingerprint density at radius 2 is 2.17 bits per heavy atom. The zero-order chi connectivity index (χ0) is 13.7. The molecule has 1 atom stereocenters. The molecule has 5 N–H and O–H groups in total. The smallest absolute Gasteiger partial charge is 0.276 e. The summed E-state index contributed by atoms with van der Waals surface area (Å²) in [4.78, 5) is 39.2. The van der Waals surface area contributed by atoms with Crippen LogP contribution in [-0.4, -0.2) is 44.7 Å². The van der Waals surface area contributed by atoms with E-state index >= 15 is 0 Å². The molecule has 2 amide bonds. The molecule has 0 saturated carbocycles. The highest BCUT2D eigenvalue weighted by Crippen LogP contribution is 2.00. The minimum atomic E-state index is -1.63. The van der Waals surface area contributed by atoms with Crippen LogP contribution in [0.1, 0.15) is 6.92 Å². The molecule has 18 heavy (non-hydrogen) atoms. The average molecular weight is 256 g/mol. The van der Waals surface area contributed by atoms with Crippen molar-refractivity contribution in [2.24, 2.45) is 0 Å². The van der Waals surface area contributed by atoms with Crippen molar-refractivity contribution in [3.05, 3.63) is 16.6 Å². The van der Waals surface area contributed by atoms with Crippen molar-refractivity contribution in [1.29, 1.82) is 0 Å². The number of aromatic nitrogens is 2. The fourth-order valence-electron chi connectivity index (χ4n) is 1.01. The summed E-state index contributed by atoms with van der Waals surface area (Å²) in [6.45, 7) is 0.481. The van der Waals surface area contributed by atoms with Gasteiger partial charge in [0.25, 0.3) is 11.5 Å². The average Bonchev–Trinajstić information content (AvgIpc) is 2.30. The Hall–Kier alpha value is -2.26. The van der Waals surface area contributed by atoms with Crippen LogP contribution in [0.3, 0.4) is 0 Å². The lowest BCUT2D eigenvalue weighted by Crippen LogP contribution is -2.33. The molecule has 9 heteroatoms. The molecule has 0 aliphatic rings. The van der Waals surface area contributed by atoms with Crippen LogP contribution in [0.4, 0.5) is 11.6 Å². The molecule has 1 heterocycles. The molecule has 0 aromatic carbocycles. The van der Waals surface area contributed by atoms with E-state index in [9.17, 15) is 14.4 Å². The van der Waals surface area contributed by atoms with Gasteiger partial charge in [-0.25, -0.2) is 4.98 Å². The van der Waals surface area contributed by atoms with Gasteiger partial charge in [-0.2, -0.15) is 0 Å². The summed E-state index contributed by atoms with van der Waals surface area (Å²) in [6, 6.07) is 0. The Kier molecular flexibility index (Phi) is 4.52. The molecule has 98 valence electrons. The van der Waals surface area contributed by atoms with Gasteiger partial charge in [-0.3, -0.25) is 24.7 Å². The number of hydrogen-bond donors (Lipinski definition) is 5. The standard InChI is InChI=1S/C9H12N4O5/c1-4(15)11-9-10-2-5(7(17)13-9)12-8(18)6(16)3-14/h2,6,14,16H,3H2,1H3,(H,12,18)(H2,10,11,13,15,17)/t6-/m1/s1. The van der Waals surface area contributed by atoms with Crippen LogP contribution in [0.15, 0.2) is 11.0 Å². The molecule has 0 unspecified atom stereocenters. The van der Waals surface area contributed by atoms with Gasteiger partial charge < -0.3 is 15.5 Å². The van der Waals surface area contributed by atoms with Gasteiger partial charge >= 0.3 is 0 Å². The second-order valence-electron chi connectivity index (χ2n) is 3.34. The van der Waals surface area contributed by atoms with Crippen LogP contribution < -0.4 is 16.2 Å². The number of rotatable bonds is 4. The van der Waals surface area contributed by atoms with Crippen LogP contribution in [0.5, 0.6) is 0 Å². The first-order valence-electron chi connectivity index (χ1n) is 4.90. The van der Waals surface area contributed by atoms with Gasteiger partial charge in [-0.1, -0.05) is 0 Å². The number of anilines is 2. The van der Waals surface area contributed by atoms with Gasteiger partial charge in [-0.15, -0.1) is 0 Å². The van der Waals surface area contributed by atoms with Crippen LogP contribution in [0, 0.1) is 0 Å². The van der Waals surface area contributed by atoms with E-state index in [-0.39, 0.29) is 11.6 Å². The van der Waals surface area contributed by atoms with E-state index in [1.165, 1.54) is 6.92 Å². The largest absolute Gasteiger partial charge is 0.393 e. The predicted octanol–water partition coefficient (Wildman–Crippen LogP) is -1.98. The molecule has 0 fully saturated rings. The van der Waals surface area contributed by atoms with Gasteiger partial charge in [-0.05, 0) is 0 Å². The summed E-state index contributed by atoms with van der Waals surface area (Å²) < 4.78 is 0. The fraction of sp³-hybridized carbons (Fsp3) is 0.333. The molecule has 0 saturated heterocycles. The van der Waals surface area contributed by atoms with E-state index in [1.54, 1.807) is 0 Å².